The minimum atomic E-state index is -0.290. The Bertz CT molecular complexity index is 1130. The Morgan fingerprint density at radius 3 is 2.30 bits per heavy atom. The number of carbonyl (C=O) groups is 1. The highest BCUT2D eigenvalue weighted by Crippen LogP contribution is 2.19. The summed E-state index contributed by atoms with van der Waals surface area (Å²) < 4.78 is 0. The molecule has 0 aliphatic carbocycles. The van der Waals surface area contributed by atoms with Crippen molar-refractivity contribution in [3.63, 3.8) is 0 Å². The molecule has 0 atom stereocenters. The van der Waals surface area contributed by atoms with Gasteiger partial charge in [-0.25, -0.2) is 4.98 Å². The number of hydrogen-bond donors (Lipinski definition) is 1. The van der Waals surface area contributed by atoms with Crippen LogP contribution in [0.2, 0.25) is 0 Å². The normalized spacial score (nSPS) is 10.8. The number of aryl methyl sites for hydroxylation is 1. The first-order valence-electron chi connectivity index (χ1n) is 9.43. The molecule has 0 aromatic carbocycles. The number of aromatic nitrogens is 3. The zero-order valence-electron chi connectivity index (χ0n) is 16.4. The van der Waals surface area contributed by atoms with E-state index in [9.17, 15) is 9.59 Å². The Balaban J connectivity index is 1.57. The van der Waals surface area contributed by atoms with Gasteiger partial charge in [0.2, 0.25) is 5.91 Å². The van der Waals surface area contributed by atoms with Crippen LogP contribution in [0, 0.1) is 6.92 Å². The summed E-state index contributed by atoms with van der Waals surface area (Å²) in [6.45, 7) is 2.81. The number of nitrogens with one attached hydrogen (secondary N) is 1. The van der Waals surface area contributed by atoms with Gasteiger partial charge < -0.3 is 9.88 Å². The van der Waals surface area contributed by atoms with Crippen LogP contribution in [0.1, 0.15) is 21.0 Å². The largest absolute Gasteiger partial charge is 0.332 e. The monoisotopic (exact) mass is 436 g/mol. The van der Waals surface area contributed by atoms with E-state index in [0.29, 0.717) is 30.2 Å². The van der Waals surface area contributed by atoms with Crippen molar-refractivity contribution in [2.75, 3.05) is 0 Å². The number of rotatable bonds is 7. The van der Waals surface area contributed by atoms with Gasteiger partial charge in [-0.05, 0) is 41.9 Å². The molecule has 4 heterocycles. The molecule has 0 fully saturated rings. The van der Waals surface area contributed by atoms with E-state index >= 15 is 0 Å². The van der Waals surface area contributed by atoms with Crippen LogP contribution < -0.4 is 5.56 Å². The molecule has 6 nitrogen and oxygen atoms in total. The highest BCUT2D eigenvalue weighted by Gasteiger charge is 2.20. The molecule has 152 valence electrons. The van der Waals surface area contributed by atoms with Gasteiger partial charge in [0.25, 0.3) is 5.56 Å². The molecule has 30 heavy (non-hydrogen) atoms. The molecule has 1 amide bonds. The third-order valence-electron chi connectivity index (χ3n) is 4.69. The summed E-state index contributed by atoms with van der Waals surface area (Å²) in [6, 6.07) is 11.6. The number of aromatic amines is 1. The van der Waals surface area contributed by atoms with Crippen LogP contribution >= 0.6 is 22.7 Å². The lowest BCUT2D eigenvalue weighted by molar-refractivity contribution is -0.131. The van der Waals surface area contributed by atoms with E-state index in [0.717, 1.165) is 15.3 Å². The zero-order valence-corrected chi connectivity index (χ0v) is 18.0. The molecule has 1 N–H and O–H groups in total. The molecular formula is C22H20N4O2S2. The smallest absolute Gasteiger partial charge is 0.255 e. The first-order valence-corrected chi connectivity index (χ1v) is 11.2. The van der Waals surface area contributed by atoms with Gasteiger partial charge in [0, 0.05) is 39.0 Å². The predicted octanol–water partition coefficient (Wildman–Crippen LogP) is 4.03. The highest BCUT2D eigenvalue weighted by atomic mass is 32.1. The molecule has 0 saturated heterocycles. The van der Waals surface area contributed by atoms with Crippen molar-refractivity contribution in [1.29, 1.82) is 0 Å². The molecule has 0 bridgehead atoms. The standard InChI is InChI=1S/C22H20N4O2S2/c1-15-19(22(28)25-21(24-15)16-5-2-8-23-12-16)11-20(27)26(13-17-6-3-9-29-17)14-18-7-4-10-30-18/h2-10,12H,11,13-14H2,1H3,(H,24,25,28). The molecule has 0 aliphatic rings. The van der Waals surface area contributed by atoms with Crippen LogP contribution in [0.3, 0.4) is 0 Å². The maximum absolute atomic E-state index is 13.2. The van der Waals surface area contributed by atoms with Gasteiger partial charge in [-0.3, -0.25) is 14.6 Å². The highest BCUT2D eigenvalue weighted by molar-refractivity contribution is 7.10. The molecule has 4 rings (SSSR count). The number of H-pyrrole nitrogens is 1. The predicted molar refractivity (Wildman–Crippen MR) is 119 cm³/mol. The molecule has 4 aromatic rings. The third-order valence-corrected chi connectivity index (χ3v) is 6.41. The van der Waals surface area contributed by atoms with Crippen LogP contribution in [0.15, 0.2) is 64.3 Å². The minimum absolute atomic E-state index is 0.0121. The first-order chi connectivity index (χ1) is 14.6. The number of carbonyl (C=O) groups excluding carboxylic acids is 1. The van der Waals surface area contributed by atoms with Crippen molar-refractivity contribution >= 4 is 28.6 Å². The quantitative estimate of drug-likeness (QED) is 0.474. The Hall–Kier alpha value is -3.10. The third kappa shape index (κ3) is 4.72. The van der Waals surface area contributed by atoms with Crippen molar-refractivity contribution in [1.82, 2.24) is 19.9 Å². The van der Waals surface area contributed by atoms with E-state index in [1.54, 1.807) is 53.0 Å². The van der Waals surface area contributed by atoms with E-state index in [2.05, 4.69) is 15.0 Å². The van der Waals surface area contributed by atoms with Gasteiger partial charge in [0.05, 0.1) is 19.5 Å². The zero-order chi connectivity index (χ0) is 20.9. The second kappa shape index (κ2) is 9.15. The molecular weight excluding hydrogens is 416 g/mol. The summed E-state index contributed by atoms with van der Waals surface area (Å²) >= 11 is 3.23. The fourth-order valence-corrected chi connectivity index (χ4v) is 4.57. The number of amides is 1. The Labute approximate surface area is 181 Å². The molecule has 4 aromatic heterocycles. The van der Waals surface area contributed by atoms with E-state index in [1.165, 1.54) is 0 Å². The average Bonchev–Trinajstić information content (AvgIpc) is 3.45. The maximum Gasteiger partial charge on any atom is 0.255 e. The Morgan fingerprint density at radius 2 is 1.77 bits per heavy atom. The SMILES string of the molecule is Cc1nc(-c2cccnc2)[nH]c(=O)c1CC(=O)N(Cc1cccs1)Cc1cccs1. The van der Waals surface area contributed by atoms with Gasteiger partial charge >= 0.3 is 0 Å². The van der Waals surface area contributed by atoms with Crippen molar-refractivity contribution in [2.45, 2.75) is 26.4 Å². The number of pyridine rings is 1. The second-order valence-electron chi connectivity index (χ2n) is 6.81. The lowest BCUT2D eigenvalue weighted by Gasteiger charge is -2.22. The summed E-state index contributed by atoms with van der Waals surface area (Å²) in [6.07, 6.45) is 3.32. The van der Waals surface area contributed by atoms with Crippen molar-refractivity contribution in [3.05, 3.63) is 90.9 Å². The topological polar surface area (TPSA) is 79.0 Å². The summed E-state index contributed by atoms with van der Waals surface area (Å²) in [7, 11) is 0. The summed E-state index contributed by atoms with van der Waals surface area (Å²) in [5, 5.41) is 4.00. The lowest BCUT2D eigenvalue weighted by Crippen LogP contribution is -2.33. The number of hydrogen-bond acceptors (Lipinski definition) is 6. The fraction of sp³-hybridized carbons (Fsp3) is 0.182. The maximum atomic E-state index is 13.2. The van der Waals surface area contributed by atoms with Gasteiger partial charge in [-0.15, -0.1) is 22.7 Å². The molecule has 0 radical (unpaired) electrons. The molecule has 8 heteroatoms. The average molecular weight is 437 g/mol. The van der Waals surface area contributed by atoms with E-state index in [1.807, 2.05) is 41.1 Å². The van der Waals surface area contributed by atoms with E-state index in [-0.39, 0.29) is 17.9 Å². The van der Waals surface area contributed by atoms with E-state index < -0.39 is 0 Å². The molecule has 0 spiro atoms. The Morgan fingerprint density at radius 1 is 1.07 bits per heavy atom. The van der Waals surface area contributed by atoms with Crippen molar-refractivity contribution in [3.8, 4) is 11.4 Å². The van der Waals surface area contributed by atoms with Gasteiger partial charge in [0.15, 0.2) is 0 Å². The summed E-state index contributed by atoms with van der Waals surface area (Å²) in [5.41, 5.74) is 1.39. The summed E-state index contributed by atoms with van der Waals surface area (Å²) in [5.74, 6) is 0.358. The van der Waals surface area contributed by atoms with Crippen molar-refractivity contribution in [2.24, 2.45) is 0 Å². The van der Waals surface area contributed by atoms with Crippen molar-refractivity contribution < 1.29 is 4.79 Å². The molecule has 0 unspecified atom stereocenters. The van der Waals surface area contributed by atoms with E-state index in [4.69, 9.17) is 0 Å². The van der Waals surface area contributed by atoms with Crippen LogP contribution in [0.5, 0.6) is 0 Å². The van der Waals surface area contributed by atoms with Crippen LogP contribution in [0.25, 0.3) is 11.4 Å². The fourth-order valence-electron chi connectivity index (χ4n) is 3.13. The van der Waals surface area contributed by atoms with Gasteiger partial charge in [-0.1, -0.05) is 12.1 Å². The number of nitrogens with zero attached hydrogens (tertiary/aromatic N) is 3. The lowest BCUT2D eigenvalue weighted by atomic mass is 10.1. The second-order valence-corrected chi connectivity index (χ2v) is 8.87. The van der Waals surface area contributed by atoms with Crippen LogP contribution in [-0.2, 0) is 24.3 Å². The molecule has 0 saturated carbocycles. The number of thiophene rings is 2. The van der Waals surface area contributed by atoms with Gasteiger partial charge in [0.1, 0.15) is 5.82 Å². The Kier molecular flexibility index (Phi) is 6.15. The first kappa shape index (κ1) is 20.2. The minimum Gasteiger partial charge on any atom is -0.332 e. The van der Waals surface area contributed by atoms with Gasteiger partial charge in [-0.2, -0.15) is 0 Å². The molecule has 0 aliphatic heterocycles. The van der Waals surface area contributed by atoms with Crippen LogP contribution in [0.4, 0.5) is 0 Å². The van der Waals surface area contributed by atoms with Crippen LogP contribution in [-0.4, -0.2) is 25.8 Å². The summed E-state index contributed by atoms with van der Waals surface area (Å²) in [4.78, 5) is 41.3.